The Hall–Kier alpha value is -2.30. The largest absolute Gasteiger partial charge is 0.481 e. The van der Waals surface area contributed by atoms with Gasteiger partial charge in [-0.25, -0.2) is 0 Å². The lowest BCUT2D eigenvalue weighted by atomic mass is 9.65. The van der Waals surface area contributed by atoms with Gasteiger partial charge < -0.3 is 14.6 Å². The number of nitrogens with zero attached hydrogens (tertiary/aromatic N) is 2. The molecular formula is C22H28N2O3. The van der Waals surface area contributed by atoms with E-state index in [1.54, 1.807) is 0 Å². The number of aromatic nitrogens is 1. The highest BCUT2D eigenvalue weighted by Gasteiger charge is 2.51. The van der Waals surface area contributed by atoms with Gasteiger partial charge in [-0.1, -0.05) is 20.8 Å². The molecule has 5 nitrogen and oxygen atoms in total. The van der Waals surface area contributed by atoms with Crippen molar-refractivity contribution in [2.75, 3.05) is 6.54 Å². The maximum Gasteiger partial charge on any atom is 0.305 e. The summed E-state index contributed by atoms with van der Waals surface area (Å²) in [5.41, 5.74) is 2.22. The van der Waals surface area contributed by atoms with Gasteiger partial charge in [-0.2, -0.15) is 0 Å². The molecule has 2 aliphatic rings. The second kappa shape index (κ2) is 6.11. The molecule has 4 rings (SSSR count). The van der Waals surface area contributed by atoms with Gasteiger partial charge in [-0.15, -0.1) is 0 Å². The zero-order chi connectivity index (χ0) is 19.4. The smallest absolute Gasteiger partial charge is 0.305 e. The van der Waals surface area contributed by atoms with Crippen LogP contribution in [0.25, 0.3) is 10.9 Å². The van der Waals surface area contributed by atoms with Crippen molar-refractivity contribution in [3.63, 3.8) is 0 Å². The number of aliphatic carboxylic acids is 1. The summed E-state index contributed by atoms with van der Waals surface area (Å²) in [6, 6.07) is 8.07. The van der Waals surface area contributed by atoms with Gasteiger partial charge >= 0.3 is 5.97 Å². The van der Waals surface area contributed by atoms with Crippen LogP contribution in [0.5, 0.6) is 0 Å². The molecule has 2 fully saturated rings. The number of carbonyl (C=O) groups is 2. The van der Waals surface area contributed by atoms with Crippen molar-refractivity contribution in [2.24, 2.45) is 10.8 Å². The summed E-state index contributed by atoms with van der Waals surface area (Å²) in [6.45, 7) is 8.24. The van der Waals surface area contributed by atoms with Crippen molar-refractivity contribution in [1.82, 2.24) is 9.47 Å². The monoisotopic (exact) mass is 368 g/mol. The van der Waals surface area contributed by atoms with Gasteiger partial charge in [0.1, 0.15) is 0 Å². The van der Waals surface area contributed by atoms with Crippen LogP contribution in [0.2, 0.25) is 0 Å². The lowest BCUT2D eigenvalue weighted by molar-refractivity contribution is -0.137. The van der Waals surface area contributed by atoms with E-state index in [-0.39, 0.29) is 23.2 Å². The minimum atomic E-state index is -0.805. The molecule has 27 heavy (non-hydrogen) atoms. The van der Waals surface area contributed by atoms with E-state index in [9.17, 15) is 9.59 Å². The molecule has 0 radical (unpaired) electrons. The van der Waals surface area contributed by atoms with Crippen molar-refractivity contribution in [1.29, 1.82) is 0 Å². The number of likely N-dealkylation sites (tertiary alicyclic amines) is 1. The highest BCUT2D eigenvalue weighted by molar-refractivity contribution is 5.98. The molecule has 1 saturated heterocycles. The lowest BCUT2D eigenvalue weighted by Crippen LogP contribution is -2.37. The second-order valence-corrected chi connectivity index (χ2v) is 9.57. The lowest BCUT2D eigenvalue weighted by Gasteiger charge is -2.39. The van der Waals surface area contributed by atoms with Crippen LogP contribution in [0.1, 0.15) is 56.8 Å². The number of hydrogen-bond donors (Lipinski definition) is 1. The molecule has 1 aromatic carbocycles. The Morgan fingerprint density at radius 1 is 1.19 bits per heavy atom. The van der Waals surface area contributed by atoms with Crippen molar-refractivity contribution in [3.05, 3.63) is 36.0 Å². The van der Waals surface area contributed by atoms with Crippen molar-refractivity contribution in [2.45, 2.75) is 59.0 Å². The number of hydrogen-bond acceptors (Lipinski definition) is 2. The first kappa shape index (κ1) is 18.1. The van der Waals surface area contributed by atoms with Gasteiger partial charge in [0.2, 0.25) is 0 Å². The normalized spacial score (nSPS) is 26.5. The van der Waals surface area contributed by atoms with Crippen LogP contribution in [0.4, 0.5) is 0 Å². The number of benzene rings is 1. The maximum absolute atomic E-state index is 13.2. The quantitative estimate of drug-likeness (QED) is 0.881. The van der Waals surface area contributed by atoms with Gasteiger partial charge in [0.15, 0.2) is 0 Å². The predicted octanol–water partition coefficient (Wildman–Crippen LogP) is 4.16. The zero-order valence-corrected chi connectivity index (χ0v) is 16.4. The first-order valence-electron chi connectivity index (χ1n) is 9.78. The third-order valence-corrected chi connectivity index (χ3v) is 6.26. The van der Waals surface area contributed by atoms with Crippen molar-refractivity contribution in [3.8, 4) is 0 Å². The number of rotatable bonds is 4. The molecule has 1 N–H and O–H groups in total. The molecule has 2 unspecified atom stereocenters. The molecule has 5 heteroatoms. The minimum absolute atomic E-state index is 0.0916. The number of carboxylic acid groups (broad SMARTS) is 1. The van der Waals surface area contributed by atoms with Gasteiger partial charge in [0.05, 0.1) is 6.42 Å². The van der Waals surface area contributed by atoms with Crippen LogP contribution in [-0.4, -0.2) is 39.0 Å². The molecule has 1 aliphatic carbocycles. The average Bonchev–Trinajstić information content (AvgIpc) is 3.08. The van der Waals surface area contributed by atoms with E-state index < -0.39 is 5.97 Å². The summed E-state index contributed by atoms with van der Waals surface area (Å²) in [4.78, 5) is 26.2. The first-order chi connectivity index (χ1) is 12.7. The highest BCUT2D eigenvalue weighted by Crippen LogP contribution is 2.52. The number of carboxylic acids is 1. The zero-order valence-electron chi connectivity index (χ0n) is 16.4. The number of aryl methyl sites for hydroxylation is 1. The van der Waals surface area contributed by atoms with Gasteiger partial charge in [0.25, 0.3) is 5.91 Å². The molecule has 2 heterocycles. The van der Waals surface area contributed by atoms with E-state index in [0.29, 0.717) is 12.6 Å². The van der Waals surface area contributed by atoms with E-state index >= 15 is 0 Å². The number of carbonyl (C=O) groups excluding carboxylic acids is 1. The van der Waals surface area contributed by atoms with Gasteiger partial charge in [-0.05, 0) is 54.4 Å². The summed E-state index contributed by atoms with van der Waals surface area (Å²) in [5.74, 6) is -0.679. The SMILES string of the molecule is CC1(C)CC2CC(C)(CN2C(=O)c2ccc3c(ccn3CCC(=O)O)c2)C1. The summed E-state index contributed by atoms with van der Waals surface area (Å²) in [6.07, 6.45) is 5.34. The van der Waals surface area contributed by atoms with Crippen molar-refractivity contribution >= 4 is 22.8 Å². The Morgan fingerprint density at radius 2 is 1.96 bits per heavy atom. The molecule has 2 atom stereocenters. The fraction of sp³-hybridized carbons (Fsp3) is 0.545. The van der Waals surface area contributed by atoms with E-state index in [1.807, 2.05) is 35.0 Å². The molecule has 2 aromatic rings. The Labute approximate surface area is 160 Å². The van der Waals surface area contributed by atoms with Gasteiger partial charge in [-0.3, -0.25) is 9.59 Å². The summed E-state index contributed by atoms with van der Waals surface area (Å²) >= 11 is 0. The molecular weight excluding hydrogens is 340 g/mol. The Balaban J connectivity index is 1.58. The first-order valence-corrected chi connectivity index (χ1v) is 9.78. The minimum Gasteiger partial charge on any atom is -0.481 e. The maximum atomic E-state index is 13.2. The van der Waals surface area contributed by atoms with Crippen molar-refractivity contribution < 1.29 is 14.7 Å². The molecule has 1 amide bonds. The predicted molar refractivity (Wildman–Crippen MR) is 105 cm³/mol. The standard InChI is InChI=1S/C22H28N2O3/c1-21(2)11-17-12-22(3,13-21)14-24(17)20(27)16-4-5-18-15(10-16)6-8-23(18)9-7-19(25)26/h4-6,8,10,17H,7,9,11-14H2,1-3H3,(H,25,26). The van der Waals surface area contributed by atoms with Crippen LogP contribution in [0.3, 0.4) is 0 Å². The molecule has 0 spiro atoms. The molecule has 1 aliphatic heterocycles. The molecule has 1 saturated carbocycles. The fourth-order valence-corrected chi connectivity index (χ4v) is 5.61. The van der Waals surface area contributed by atoms with Crippen LogP contribution >= 0.6 is 0 Å². The van der Waals surface area contributed by atoms with Crippen LogP contribution < -0.4 is 0 Å². The molecule has 144 valence electrons. The third kappa shape index (κ3) is 3.35. The van der Waals surface area contributed by atoms with E-state index in [0.717, 1.165) is 35.9 Å². The number of amides is 1. The van der Waals surface area contributed by atoms with Gasteiger partial charge in [0, 0.05) is 41.8 Å². The second-order valence-electron chi connectivity index (χ2n) is 9.57. The van der Waals surface area contributed by atoms with Crippen LogP contribution in [0, 0.1) is 10.8 Å². The molecule has 2 bridgehead atoms. The Bertz CT molecular complexity index is 913. The molecule has 1 aromatic heterocycles. The Kier molecular flexibility index (Phi) is 4.09. The van der Waals surface area contributed by atoms with E-state index in [2.05, 4.69) is 25.7 Å². The van der Waals surface area contributed by atoms with E-state index in [1.165, 1.54) is 6.42 Å². The van der Waals surface area contributed by atoms with Crippen LogP contribution in [-0.2, 0) is 11.3 Å². The Morgan fingerprint density at radius 3 is 2.70 bits per heavy atom. The van der Waals surface area contributed by atoms with Crippen LogP contribution in [0.15, 0.2) is 30.5 Å². The van der Waals surface area contributed by atoms with E-state index in [4.69, 9.17) is 5.11 Å². The topological polar surface area (TPSA) is 62.5 Å². The summed E-state index contributed by atoms with van der Waals surface area (Å²) in [7, 11) is 0. The number of fused-ring (bicyclic) bond motifs is 3. The highest BCUT2D eigenvalue weighted by atomic mass is 16.4. The third-order valence-electron chi connectivity index (χ3n) is 6.26. The average molecular weight is 368 g/mol. The summed E-state index contributed by atoms with van der Waals surface area (Å²) < 4.78 is 1.93. The summed E-state index contributed by atoms with van der Waals surface area (Å²) in [5, 5.41) is 9.88. The fourth-order valence-electron chi connectivity index (χ4n) is 5.61.